The number of nitrogens with one attached hydrogen (secondary N) is 1. The van der Waals surface area contributed by atoms with Crippen molar-refractivity contribution in [3.8, 4) is 0 Å². The van der Waals surface area contributed by atoms with Crippen LogP contribution in [-0.4, -0.2) is 42.2 Å². The maximum Gasteiger partial charge on any atom is 0.335 e. The molecule has 1 fully saturated rings. The van der Waals surface area contributed by atoms with Crippen LogP contribution in [0.2, 0.25) is 0 Å². The van der Waals surface area contributed by atoms with Crippen molar-refractivity contribution in [1.29, 1.82) is 0 Å². The molecule has 1 aromatic rings. The fourth-order valence-corrected chi connectivity index (χ4v) is 2.94. The lowest BCUT2D eigenvalue weighted by Crippen LogP contribution is -2.34. The zero-order valence-electron chi connectivity index (χ0n) is 12.8. The predicted molar refractivity (Wildman–Crippen MR) is 84.6 cm³/mol. The number of piperidine rings is 1. The van der Waals surface area contributed by atoms with Gasteiger partial charge in [-0.3, -0.25) is 0 Å². The molecule has 0 saturated carbocycles. The van der Waals surface area contributed by atoms with Gasteiger partial charge in [-0.1, -0.05) is 19.1 Å². The SMILES string of the molecule is CCN1CCC(CCNCc2cccc(C(=O)O)c2)CC1. The topological polar surface area (TPSA) is 52.6 Å². The number of carbonyl (C=O) groups is 1. The van der Waals surface area contributed by atoms with Crippen LogP contribution in [0.25, 0.3) is 0 Å². The van der Waals surface area contributed by atoms with Gasteiger partial charge in [0, 0.05) is 6.54 Å². The summed E-state index contributed by atoms with van der Waals surface area (Å²) in [6.07, 6.45) is 3.84. The van der Waals surface area contributed by atoms with Crippen molar-refractivity contribution in [1.82, 2.24) is 10.2 Å². The van der Waals surface area contributed by atoms with E-state index < -0.39 is 5.97 Å². The van der Waals surface area contributed by atoms with Crippen LogP contribution in [0.4, 0.5) is 0 Å². The first-order valence-electron chi connectivity index (χ1n) is 7.94. The lowest BCUT2D eigenvalue weighted by molar-refractivity contribution is 0.0696. The van der Waals surface area contributed by atoms with E-state index in [-0.39, 0.29) is 0 Å². The third-order valence-corrected chi connectivity index (χ3v) is 4.39. The monoisotopic (exact) mass is 290 g/mol. The molecule has 0 amide bonds. The number of likely N-dealkylation sites (tertiary alicyclic amines) is 1. The van der Waals surface area contributed by atoms with Gasteiger partial charge >= 0.3 is 5.97 Å². The highest BCUT2D eigenvalue weighted by Crippen LogP contribution is 2.19. The molecule has 1 aromatic carbocycles. The minimum absolute atomic E-state index is 0.362. The molecule has 0 aromatic heterocycles. The molecular formula is C17H26N2O2. The molecule has 0 unspecified atom stereocenters. The fourth-order valence-electron chi connectivity index (χ4n) is 2.94. The zero-order valence-corrected chi connectivity index (χ0v) is 12.8. The highest BCUT2D eigenvalue weighted by Gasteiger charge is 2.17. The third kappa shape index (κ3) is 5.14. The van der Waals surface area contributed by atoms with Crippen molar-refractivity contribution >= 4 is 5.97 Å². The second-order valence-corrected chi connectivity index (χ2v) is 5.85. The van der Waals surface area contributed by atoms with Crippen LogP contribution in [0.15, 0.2) is 24.3 Å². The van der Waals surface area contributed by atoms with E-state index in [0.29, 0.717) is 5.56 Å². The summed E-state index contributed by atoms with van der Waals surface area (Å²) in [5.41, 5.74) is 1.40. The Morgan fingerprint density at radius 3 is 2.81 bits per heavy atom. The number of hydrogen-bond acceptors (Lipinski definition) is 3. The second kappa shape index (κ2) is 8.15. The van der Waals surface area contributed by atoms with Gasteiger partial charge < -0.3 is 15.3 Å². The van der Waals surface area contributed by atoms with Gasteiger partial charge in [-0.05, 0) is 69.1 Å². The molecule has 116 valence electrons. The third-order valence-electron chi connectivity index (χ3n) is 4.39. The molecular weight excluding hydrogens is 264 g/mol. The average molecular weight is 290 g/mol. The molecule has 0 spiro atoms. The molecule has 1 aliphatic heterocycles. The van der Waals surface area contributed by atoms with Gasteiger partial charge in [0.2, 0.25) is 0 Å². The van der Waals surface area contributed by atoms with Gasteiger partial charge in [-0.2, -0.15) is 0 Å². The Morgan fingerprint density at radius 2 is 2.14 bits per heavy atom. The Bertz CT molecular complexity index is 454. The van der Waals surface area contributed by atoms with Gasteiger partial charge in [0.1, 0.15) is 0 Å². The van der Waals surface area contributed by atoms with E-state index in [1.807, 2.05) is 6.07 Å². The summed E-state index contributed by atoms with van der Waals surface area (Å²) in [6, 6.07) is 7.16. The second-order valence-electron chi connectivity index (χ2n) is 5.85. The van der Waals surface area contributed by atoms with Gasteiger partial charge in [0.05, 0.1) is 5.56 Å². The van der Waals surface area contributed by atoms with Gasteiger partial charge in [0.25, 0.3) is 0 Å². The van der Waals surface area contributed by atoms with Crippen LogP contribution in [0.5, 0.6) is 0 Å². The summed E-state index contributed by atoms with van der Waals surface area (Å²) in [5, 5.41) is 12.4. The summed E-state index contributed by atoms with van der Waals surface area (Å²) < 4.78 is 0. The first-order chi connectivity index (χ1) is 10.2. The fraction of sp³-hybridized carbons (Fsp3) is 0.588. The van der Waals surface area contributed by atoms with E-state index in [1.165, 1.54) is 38.9 Å². The first-order valence-corrected chi connectivity index (χ1v) is 7.94. The molecule has 0 bridgehead atoms. The van der Waals surface area contributed by atoms with Crippen LogP contribution < -0.4 is 5.32 Å². The van der Waals surface area contributed by atoms with E-state index in [0.717, 1.165) is 24.6 Å². The Balaban J connectivity index is 1.66. The van der Waals surface area contributed by atoms with Gasteiger partial charge in [0.15, 0.2) is 0 Å². The van der Waals surface area contributed by atoms with E-state index in [1.54, 1.807) is 18.2 Å². The Labute approximate surface area is 127 Å². The first kappa shape index (κ1) is 16.0. The summed E-state index contributed by atoms with van der Waals surface area (Å²) in [6.45, 7) is 7.63. The predicted octanol–water partition coefficient (Wildman–Crippen LogP) is 2.60. The Kier molecular flexibility index (Phi) is 6.21. The van der Waals surface area contributed by atoms with E-state index >= 15 is 0 Å². The molecule has 1 heterocycles. The maximum atomic E-state index is 10.9. The van der Waals surface area contributed by atoms with Crippen molar-refractivity contribution in [2.45, 2.75) is 32.7 Å². The molecule has 0 atom stereocenters. The molecule has 2 rings (SSSR count). The Hall–Kier alpha value is -1.39. The maximum absolute atomic E-state index is 10.9. The smallest absolute Gasteiger partial charge is 0.335 e. The van der Waals surface area contributed by atoms with Crippen LogP contribution in [0.1, 0.15) is 42.1 Å². The van der Waals surface area contributed by atoms with Crippen molar-refractivity contribution in [3.63, 3.8) is 0 Å². The molecule has 2 N–H and O–H groups in total. The highest BCUT2D eigenvalue weighted by atomic mass is 16.4. The average Bonchev–Trinajstić information content (AvgIpc) is 2.52. The number of aromatic carboxylic acids is 1. The van der Waals surface area contributed by atoms with Gasteiger partial charge in [-0.15, -0.1) is 0 Å². The van der Waals surface area contributed by atoms with Crippen molar-refractivity contribution < 1.29 is 9.90 Å². The number of hydrogen-bond donors (Lipinski definition) is 2. The van der Waals surface area contributed by atoms with E-state index in [9.17, 15) is 4.79 Å². The zero-order chi connectivity index (χ0) is 15.1. The lowest BCUT2D eigenvalue weighted by atomic mass is 9.93. The lowest BCUT2D eigenvalue weighted by Gasteiger charge is -2.31. The quantitative estimate of drug-likeness (QED) is 0.758. The molecule has 0 radical (unpaired) electrons. The molecule has 1 saturated heterocycles. The van der Waals surface area contributed by atoms with Crippen LogP contribution >= 0.6 is 0 Å². The van der Waals surface area contributed by atoms with Crippen molar-refractivity contribution in [2.75, 3.05) is 26.2 Å². The largest absolute Gasteiger partial charge is 0.478 e. The number of carboxylic acids is 1. The molecule has 4 heteroatoms. The van der Waals surface area contributed by atoms with Gasteiger partial charge in [-0.25, -0.2) is 4.79 Å². The standard InChI is InChI=1S/C17H26N2O2/c1-2-19-10-7-14(8-11-19)6-9-18-13-15-4-3-5-16(12-15)17(20)21/h3-5,12,14,18H,2,6-11,13H2,1H3,(H,20,21). The minimum atomic E-state index is -0.862. The van der Waals surface area contributed by atoms with Crippen molar-refractivity contribution in [3.05, 3.63) is 35.4 Å². The van der Waals surface area contributed by atoms with Crippen LogP contribution in [-0.2, 0) is 6.54 Å². The summed E-state index contributed by atoms with van der Waals surface area (Å²) in [4.78, 5) is 13.4. The van der Waals surface area contributed by atoms with E-state index in [4.69, 9.17) is 5.11 Å². The number of carboxylic acid groups (broad SMARTS) is 1. The summed E-state index contributed by atoms with van der Waals surface area (Å²) in [5.74, 6) is -0.0230. The summed E-state index contributed by atoms with van der Waals surface area (Å²) >= 11 is 0. The summed E-state index contributed by atoms with van der Waals surface area (Å²) in [7, 11) is 0. The Morgan fingerprint density at radius 1 is 1.38 bits per heavy atom. The number of benzene rings is 1. The highest BCUT2D eigenvalue weighted by molar-refractivity contribution is 5.87. The van der Waals surface area contributed by atoms with Crippen LogP contribution in [0.3, 0.4) is 0 Å². The number of nitrogens with zero attached hydrogens (tertiary/aromatic N) is 1. The normalized spacial score (nSPS) is 17.0. The van der Waals surface area contributed by atoms with Crippen LogP contribution in [0, 0.1) is 5.92 Å². The molecule has 21 heavy (non-hydrogen) atoms. The molecule has 0 aliphatic carbocycles. The minimum Gasteiger partial charge on any atom is -0.478 e. The van der Waals surface area contributed by atoms with E-state index in [2.05, 4.69) is 17.1 Å². The van der Waals surface area contributed by atoms with Crippen molar-refractivity contribution in [2.24, 2.45) is 5.92 Å². The number of rotatable bonds is 7. The molecule has 1 aliphatic rings. The molecule has 4 nitrogen and oxygen atoms in total.